The van der Waals surface area contributed by atoms with Gasteiger partial charge < -0.3 is 14.8 Å². The number of rotatable bonds is 8. The van der Waals surface area contributed by atoms with Crippen molar-refractivity contribution in [3.8, 4) is 33.9 Å². The van der Waals surface area contributed by atoms with Crippen molar-refractivity contribution >= 4 is 11.4 Å². The standard InChI is InChI=1S/C38H52N4/c1-13-25(14-2)33-31(37(3,4)5)23-28(24-32(33)38(6,7)8)36-39-34(26-15-19-29(20-16-26)41(9)10)35(40-36)27-17-21-30(22-18-27)42(11)12/h15-25H,13-14H2,1-12H3,(H,39,40). The lowest BCUT2D eigenvalue weighted by atomic mass is 9.71. The molecule has 4 aromatic rings. The SMILES string of the molecule is CCC(CC)c1c(C(C)(C)C)cc(-c2nc(-c3ccc(N(C)C)cc3)c(-c3ccc(N(C)C)cc3)[nH]2)cc1C(C)(C)C. The monoisotopic (exact) mass is 564 g/mol. The van der Waals surface area contributed by atoms with Gasteiger partial charge in [-0.1, -0.05) is 79.7 Å². The van der Waals surface area contributed by atoms with E-state index < -0.39 is 0 Å². The maximum atomic E-state index is 5.34. The molecule has 1 N–H and O–H groups in total. The molecule has 0 atom stereocenters. The Morgan fingerprint density at radius 1 is 0.643 bits per heavy atom. The average Bonchev–Trinajstić information content (AvgIpc) is 3.38. The summed E-state index contributed by atoms with van der Waals surface area (Å²) >= 11 is 0. The van der Waals surface area contributed by atoms with Gasteiger partial charge in [-0.25, -0.2) is 4.98 Å². The fraction of sp³-hybridized carbons (Fsp3) is 0.447. The number of nitrogens with one attached hydrogen (secondary N) is 1. The summed E-state index contributed by atoms with van der Waals surface area (Å²) in [6.07, 6.45) is 2.28. The molecule has 0 unspecified atom stereocenters. The van der Waals surface area contributed by atoms with Crippen LogP contribution in [0.25, 0.3) is 33.9 Å². The van der Waals surface area contributed by atoms with E-state index in [1.165, 1.54) is 28.1 Å². The van der Waals surface area contributed by atoms with E-state index in [0.717, 1.165) is 46.7 Å². The number of hydrogen-bond acceptors (Lipinski definition) is 3. The van der Waals surface area contributed by atoms with Crippen molar-refractivity contribution in [1.82, 2.24) is 9.97 Å². The van der Waals surface area contributed by atoms with Crippen LogP contribution in [0.1, 0.15) is 90.8 Å². The number of aromatic nitrogens is 2. The maximum absolute atomic E-state index is 5.34. The first-order valence-corrected chi connectivity index (χ1v) is 15.5. The van der Waals surface area contributed by atoms with E-state index in [1.807, 2.05) is 0 Å². The lowest BCUT2D eigenvalue weighted by Gasteiger charge is -2.34. The van der Waals surface area contributed by atoms with Gasteiger partial charge in [0.05, 0.1) is 11.4 Å². The van der Waals surface area contributed by atoms with E-state index in [2.05, 4.69) is 159 Å². The zero-order valence-corrected chi connectivity index (χ0v) is 28.1. The van der Waals surface area contributed by atoms with Crippen LogP contribution in [0.15, 0.2) is 60.7 Å². The Balaban J connectivity index is 2.00. The Labute approximate surface area is 255 Å². The van der Waals surface area contributed by atoms with Crippen molar-refractivity contribution in [3.63, 3.8) is 0 Å². The van der Waals surface area contributed by atoms with Gasteiger partial charge in [0.1, 0.15) is 5.82 Å². The van der Waals surface area contributed by atoms with E-state index in [-0.39, 0.29) is 10.8 Å². The summed E-state index contributed by atoms with van der Waals surface area (Å²) in [6.45, 7) is 18.8. The van der Waals surface area contributed by atoms with Gasteiger partial charge in [0, 0.05) is 56.3 Å². The van der Waals surface area contributed by atoms with Crippen molar-refractivity contribution < 1.29 is 0 Å². The molecular weight excluding hydrogens is 512 g/mol. The van der Waals surface area contributed by atoms with Crippen molar-refractivity contribution in [3.05, 3.63) is 77.4 Å². The van der Waals surface area contributed by atoms with Crippen LogP contribution in [0.2, 0.25) is 0 Å². The molecular formula is C38H52N4. The Morgan fingerprint density at radius 3 is 1.45 bits per heavy atom. The summed E-state index contributed by atoms with van der Waals surface area (Å²) in [5.41, 5.74) is 12.2. The molecule has 0 spiro atoms. The first kappa shape index (κ1) is 31.4. The van der Waals surface area contributed by atoms with E-state index in [4.69, 9.17) is 4.98 Å². The number of aromatic amines is 1. The highest BCUT2D eigenvalue weighted by atomic mass is 15.1. The summed E-state index contributed by atoms with van der Waals surface area (Å²) in [7, 11) is 8.30. The van der Waals surface area contributed by atoms with E-state index >= 15 is 0 Å². The van der Waals surface area contributed by atoms with Crippen LogP contribution in [0.4, 0.5) is 11.4 Å². The fourth-order valence-electron chi connectivity index (χ4n) is 5.94. The number of H-pyrrole nitrogens is 1. The van der Waals surface area contributed by atoms with Gasteiger partial charge >= 0.3 is 0 Å². The second-order valence-corrected chi connectivity index (χ2v) is 14.2. The smallest absolute Gasteiger partial charge is 0.138 e. The molecule has 3 aromatic carbocycles. The molecule has 0 radical (unpaired) electrons. The highest BCUT2D eigenvalue weighted by Crippen LogP contribution is 2.44. The minimum Gasteiger partial charge on any atom is -0.378 e. The number of anilines is 2. The zero-order valence-electron chi connectivity index (χ0n) is 28.1. The second kappa shape index (κ2) is 12.0. The summed E-state index contributed by atoms with van der Waals surface area (Å²) < 4.78 is 0. The number of imidazole rings is 1. The lowest BCUT2D eigenvalue weighted by molar-refractivity contribution is 0.524. The molecule has 0 amide bonds. The number of nitrogens with zero attached hydrogens (tertiary/aromatic N) is 3. The quantitative estimate of drug-likeness (QED) is 0.231. The third-order valence-corrected chi connectivity index (χ3v) is 8.50. The van der Waals surface area contributed by atoms with Gasteiger partial charge in [0.15, 0.2) is 0 Å². The predicted octanol–water partition coefficient (Wildman–Crippen LogP) is 10.0. The highest BCUT2D eigenvalue weighted by molar-refractivity contribution is 5.82. The molecule has 42 heavy (non-hydrogen) atoms. The predicted molar refractivity (Wildman–Crippen MR) is 184 cm³/mol. The van der Waals surface area contributed by atoms with Gasteiger partial charge in [-0.05, 0) is 82.7 Å². The molecule has 0 fully saturated rings. The van der Waals surface area contributed by atoms with Crippen LogP contribution in [0, 0.1) is 0 Å². The van der Waals surface area contributed by atoms with Crippen LogP contribution >= 0.6 is 0 Å². The van der Waals surface area contributed by atoms with Gasteiger partial charge in [-0.3, -0.25) is 0 Å². The van der Waals surface area contributed by atoms with Crippen molar-refractivity contribution in [2.45, 2.75) is 85.0 Å². The Kier molecular flexibility index (Phi) is 8.97. The minimum absolute atomic E-state index is 0.0101. The van der Waals surface area contributed by atoms with Crippen LogP contribution in [0.5, 0.6) is 0 Å². The topological polar surface area (TPSA) is 35.2 Å². The first-order chi connectivity index (χ1) is 19.6. The molecule has 0 aliphatic rings. The molecule has 4 nitrogen and oxygen atoms in total. The summed E-state index contributed by atoms with van der Waals surface area (Å²) in [4.78, 5) is 13.4. The summed E-state index contributed by atoms with van der Waals surface area (Å²) in [6, 6.07) is 22.3. The van der Waals surface area contributed by atoms with E-state index in [9.17, 15) is 0 Å². The molecule has 0 aliphatic carbocycles. The molecule has 0 saturated heterocycles. The molecule has 0 saturated carbocycles. The average molecular weight is 565 g/mol. The van der Waals surface area contributed by atoms with Crippen molar-refractivity contribution in [1.29, 1.82) is 0 Å². The lowest BCUT2D eigenvalue weighted by Crippen LogP contribution is -2.23. The van der Waals surface area contributed by atoms with Crippen LogP contribution in [0.3, 0.4) is 0 Å². The minimum atomic E-state index is 0.0101. The Bertz CT molecular complexity index is 1380. The van der Waals surface area contributed by atoms with Crippen LogP contribution in [-0.2, 0) is 10.8 Å². The normalized spacial score (nSPS) is 12.2. The van der Waals surface area contributed by atoms with Gasteiger partial charge in [-0.2, -0.15) is 0 Å². The molecule has 224 valence electrons. The summed E-state index contributed by atoms with van der Waals surface area (Å²) in [5.74, 6) is 1.45. The number of hydrogen-bond donors (Lipinski definition) is 1. The molecule has 0 bridgehead atoms. The van der Waals surface area contributed by atoms with E-state index in [0.29, 0.717) is 5.92 Å². The Morgan fingerprint density at radius 2 is 1.07 bits per heavy atom. The second-order valence-electron chi connectivity index (χ2n) is 14.2. The van der Waals surface area contributed by atoms with Gasteiger partial charge in [0.25, 0.3) is 0 Å². The first-order valence-electron chi connectivity index (χ1n) is 15.5. The largest absolute Gasteiger partial charge is 0.378 e. The summed E-state index contributed by atoms with van der Waals surface area (Å²) in [5, 5.41) is 0. The maximum Gasteiger partial charge on any atom is 0.138 e. The molecule has 4 heteroatoms. The molecule has 1 heterocycles. The molecule has 1 aromatic heterocycles. The zero-order chi connectivity index (χ0) is 31.0. The molecule has 0 aliphatic heterocycles. The van der Waals surface area contributed by atoms with E-state index in [1.54, 1.807) is 0 Å². The van der Waals surface area contributed by atoms with Gasteiger partial charge in [0.2, 0.25) is 0 Å². The fourth-order valence-corrected chi connectivity index (χ4v) is 5.94. The number of benzene rings is 3. The Hall–Kier alpha value is -3.53. The van der Waals surface area contributed by atoms with Gasteiger partial charge in [-0.15, -0.1) is 0 Å². The van der Waals surface area contributed by atoms with Crippen molar-refractivity contribution in [2.75, 3.05) is 38.0 Å². The highest BCUT2D eigenvalue weighted by Gasteiger charge is 2.30. The van der Waals surface area contributed by atoms with Crippen LogP contribution < -0.4 is 9.80 Å². The third kappa shape index (κ3) is 6.43. The van der Waals surface area contributed by atoms with Crippen molar-refractivity contribution in [2.24, 2.45) is 0 Å². The van der Waals surface area contributed by atoms with Crippen LogP contribution in [-0.4, -0.2) is 38.2 Å². The molecule has 4 rings (SSSR count). The third-order valence-electron chi connectivity index (χ3n) is 8.50.